The first kappa shape index (κ1) is 17.4. The third kappa shape index (κ3) is 4.28. The van der Waals surface area contributed by atoms with Gasteiger partial charge in [0.05, 0.1) is 24.9 Å². The molecule has 23 heavy (non-hydrogen) atoms. The second-order valence-corrected chi connectivity index (χ2v) is 5.24. The van der Waals surface area contributed by atoms with E-state index >= 15 is 0 Å². The van der Waals surface area contributed by atoms with Gasteiger partial charge in [-0.2, -0.15) is 0 Å². The molecule has 0 radical (unpaired) electrons. The molecule has 1 heterocycles. The van der Waals surface area contributed by atoms with E-state index in [0.717, 1.165) is 24.7 Å². The van der Waals surface area contributed by atoms with Gasteiger partial charge in [0.25, 0.3) is 6.43 Å². The molecule has 0 aliphatic heterocycles. The average molecular weight is 343 g/mol. The smallest absolute Gasteiger partial charge is 0.281 e. The summed E-state index contributed by atoms with van der Waals surface area (Å²) in [4.78, 5) is 7.52. The maximum Gasteiger partial charge on any atom is 0.281 e. The van der Waals surface area contributed by atoms with Crippen molar-refractivity contribution in [1.82, 2.24) is 9.97 Å². The Balaban J connectivity index is 2.02. The first-order valence-corrected chi connectivity index (χ1v) is 7.43. The van der Waals surface area contributed by atoms with E-state index in [-0.39, 0.29) is 5.02 Å². The number of rotatable bonds is 7. The summed E-state index contributed by atoms with van der Waals surface area (Å²) in [6.45, 7) is 0. The van der Waals surface area contributed by atoms with Crippen molar-refractivity contribution in [2.24, 2.45) is 0 Å². The van der Waals surface area contributed by atoms with E-state index in [1.807, 2.05) is 18.2 Å². The minimum atomic E-state index is -2.70. The number of methoxy groups -OCH3 is 2. The van der Waals surface area contributed by atoms with Gasteiger partial charge in [-0.3, -0.25) is 0 Å². The van der Waals surface area contributed by atoms with Crippen molar-refractivity contribution < 1.29 is 18.3 Å². The van der Waals surface area contributed by atoms with E-state index in [0.29, 0.717) is 23.6 Å². The van der Waals surface area contributed by atoms with Crippen molar-refractivity contribution in [2.75, 3.05) is 14.2 Å². The van der Waals surface area contributed by atoms with E-state index in [2.05, 4.69) is 9.97 Å². The standard InChI is InChI=1S/C16H17ClF2N2O2/c1-22-12-7-6-10(8-13(12)23-2)4-3-5-11-14(17)15(16(18)19)21-9-20-11/h6-9,16H,3-5H2,1-2H3. The molecule has 124 valence electrons. The lowest BCUT2D eigenvalue weighted by atomic mass is 10.1. The van der Waals surface area contributed by atoms with Crippen LogP contribution in [0.5, 0.6) is 11.5 Å². The maximum absolute atomic E-state index is 12.7. The van der Waals surface area contributed by atoms with Crippen molar-refractivity contribution >= 4 is 11.6 Å². The third-order valence-corrected chi connectivity index (χ3v) is 3.83. The predicted octanol–water partition coefficient (Wildman–Crippen LogP) is 4.26. The van der Waals surface area contributed by atoms with Crippen molar-refractivity contribution in [3.63, 3.8) is 0 Å². The van der Waals surface area contributed by atoms with Crippen LogP contribution in [0.15, 0.2) is 24.5 Å². The van der Waals surface area contributed by atoms with Gasteiger partial charge in [0.2, 0.25) is 0 Å². The molecule has 0 spiro atoms. The second kappa shape index (κ2) is 8.06. The molecule has 0 saturated heterocycles. The van der Waals surface area contributed by atoms with Crippen LogP contribution in [-0.4, -0.2) is 24.2 Å². The zero-order valence-corrected chi connectivity index (χ0v) is 13.6. The molecule has 0 unspecified atom stereocenters. The van der Waals surface area contributed by atoms with Gasteiger partial charge in [0.1, 0.15) is 12.0 Å². The Hall–Kier alpha value is -1.95. The largest absolute Gasteiger partial charge is 0.493 e. The van der Waals surface area contributed by atoms with Crippen LogP contribution in [0.3, 0.4) is 0 Å². The molecule has 0 bridgehead atoms. The molecule has 2 aromatic rings. The Morgan fingerprint density at radius 3 is 2.48 bits per heavy atom. The number of nitrogens with zero attached hydrogens (tertiary/aromatic N) is 2. The third-order valence-electron chi connectivity index (χ3n) is 3.42. The average Bonchev–Trinajstić information content (AvgIpc) is 2.56. The lowest BCUT2D eigenvalue weighted by molar-refractivity contribution is 0.146. The second-order valence-electron chi connectivity index (χ2n) is 4.86. The summed E-state index contributed by atoms with van der Waals surface area (Å²) < 4.78 is 35.9. The van der Waals surface area contributed by atoms with Gasteiger partial charge in [-0.15, -0.1) is 0 Å². The van der Waals surface area contributed by atoms with Crippen molar-refractivity contribution in [3.8, 4) is 11.5 Å². The summed E-state index contributed by atoms with van der Waals surface area (Å²) in [6.07, 6.45) is 0.379. The fourth-order valence-corrected chi connectivity index (χ4v) is 2.52. The van der Waals surface area contributed by atoms with Crippen molar-refractivity contribution in [3.05, 3.63) is 46.5 Å². The Bertz CT molecular complexity index is 669. The number of ether oxygens (including phenoxy) is 2. The first-order valence-electron chi connectivity index (χ1n) is 7.05. The Morgan fingerprint density at radius 2 is 1.83 bits per heavy atom. The van der Waals surface area contributed by atoms with Crippen LogP contribution in [0.2, 0.25) is 5.02 Å². The normalized spacial score (nSPS) is 10.9. The van der Waals surface area contributed by atoms with E-state index in [9.17, 15) is 8.78 Å². The topological polar surface area (TPSA) is 44.2 Å². The van der Waals surface area contributed by atoms with Gasteiger partial charge in [0.15, 0.2) is 11.5 Å². The van der Waals surface area contributed by atoms with Crippen LogP contribution >= 0.6 is 11.6 Å². The van der Waals surface area contributed by atoms with E-state index < -0.39 is 12.1 Å². The summed E-state index contributed by atoms with van der Waals surface area (Å²) >= 11 is 5.93. The van der Waals surface area contributed by atoms with Crippen LogP contribution in [0.25, 0.3) is 0 Å². The molecule has 1 aromatic heterocycles. The summed E-state index contributed by atoms with van der Waals surface area (Å²) in [5.74, 6) is 1.32. The molecular weight excluding hydrogens is 326 g/mol. The fourth-order valence-electron chi connectivity index (χ4n) is 2.24. The predicted molar refractivity (Wildman–Crippen MR) is 83.6 cm³/mol. The van der Waals surface area contributed by atoms with Gasteiger partial charge in [-0.1, -0.05) is 17.7 Å². The number of hydrogen-bond acceptors (Lipinski definition) is 4. The van der Waals surface area contributed by atoms with Crippen molar-refractivity contribution in [2.45, 2.75) is 25.7 Å². The molecule has 0 aliphatic carbocycles. The highest BCUT2D eigenvalue weighted by Crippen LogP contribution is 2.29. The van der Waals surface area contributed by atoms with Gasteiger partial charge >= 0.3 is 0 Å². The summed E-state index contributed by atoms with van der Waals surface area (Å²) in [5.41, 5.74) is 1.09. The van der Waals surface area contributed by atoms with Crippen LogP contribution in [-0.2, 0) is 12.8 Å². The molecule has 7 heteroatoms. The number of aromatic nitrogens is 2. The van der Waals surface area contributed by atoms with Crippen LogP contribution in [0.4, 0.5) is 8.78 Å². The molecule has 0 saturated carbocycles. The van der Waals surface area contributed by atoms with Gasteiger partial charge in [-0.25, -0.2) is 18.7 Å². The summed E-state index contributed by atoms with van der Waals surface area (Å²) in [6, 6.07) is 5.67. The number of hydrogen-bond donors (Lipinski definition) is 0. The monoisotopic (exact) mass is 342 g/mol. The Labute approximate surface area is 138 Å². The zero-order chi connectivity index (χ0) is 16.8. The van der Waals surface area contributed by atoms with Gasteiger partial charge < -0.3 is 9.47 Å². The molecule has 0 amide bonds. The number of alkyl halides is 2. The molecule has 0 fully saturated rings. The molecule has 0 aliphatic rings. The van der Waals surface area contributed by atoms with E-state index in [1.165, 1.54) is 0 Å². The quantitative estimate of drug-likeness (QED) is 0.754. The molecule has 4 nitrogen and oxygen atoms in total. The fraction of sp³-hybridized carbons (Fsp3) is 0.375. The minimum Gasteiger partial charge on any atom is -0.493 e. The highest BCUT2D eigenvalue weighted by molar-refractivity contribution is 6.31. The number of aryl methyl sites for hydroxylation is 2. The minimum absolute atomic E-state index is 0.0465. The zero-order valence-electron chi connectivity index (χ0n) is 12.9. The van der Waals surface area contributed by atoms with E-state index in [1.54, 1.807) is 14.2 Å². The molecule has 0 atom stereocenters. The molecular formula is C16H17ClF2N2O2. The van der Waals surface area contributed by atoms with Crippen LogP contribution in [0.1, 0.15) is 29.8 Å². The molecule has 0 N–H and O–H groups in total. The number of benzene rings is 1. The first-order chi connectivity index (χ1) is 11.1. The Morgan fingerprint density at radius 1 is 1.09 bits per heavy atom. The van der Waals surface area contributed by atoms with Gasteiger partial charge in [-0.05, 0) is 37.0 Å². The SMILES string of the molecule is COc1ccc(CCCc2ncnc(C(F)F)c2Cl)cc1OC. The van der Waals surface area contributed by atoms with Gasteiger partial charge in [0, 0.05) is 0 Å². The number of halogens is 3. The van der Waals surface area contributed by atoms with E-state index in [4.69, 9.17) is 21.1 Å². The van der Waals surface area contributed by atoms with Crippen LogP contribution in [0, 0.1) is 0 Å². The molecule has 2 rings (SSSR count). The summed E-state index contributed by atoms with van der Waals surface area (Å²) in [7, 11) is 3.16. The maximum atomic E-state index is 12.7. The highest BCUT2D eigenvalue weighted by Gasteiger charge is 2.17. The summed E-state index contributed by atoms with van der Waals surface area (Å²) in [5, 5.41) is -0.0465. The Kier molecular flexibility index (Phi) is 6.10. The lowest BCUT2D eigenvalue weighted by Crippen LogP contribution is -2.01. The molecule has 1 aromatic carbocycles. The highest BCUT2D eigenvalue weighted by atomic mass is 35.5. The van der Waals surface area contributed by atoms with Crippen LogP contribution < -0.4 is 9.47 Å². The van der Waals surface area contributed by atoms with Crippen molar-refractivity contribution in [1.29, 1.82) is 0 Å². The lowest BCUT2D eigenvalue weighted by Gasteiger charge is -2.10.